The van der Waals surface area contributed by atoms with E-state index in [1.165, 1.54) is 4.90 Å². The fourth-order valence-corrected chi connectivity index (χ4v) is 2.05. The van der Waals surface area contributed by atoms with Gasteiger partial charge < -0.3 is 4.90 Å². The van der Waals surface area contributed by atoms with Gasteiger partial charge in [-0.1, -0.05) is 18.2 Å². The van der Waals surface area contributed by atoms with Crippen molar-refractivity contribution in [2.75, 3.05) is 11.4 Å². The molecular formula is C12H15N3O2. The summed E-state index contributed by atoms with van der Waals surface area (Å²) in [5.74, 6) is 4.66. The Morgan fingerprint density at radius 2 is 2.12 bits per heavy atom. The highest BCUT2D eigenvalue weighted by Crippen LogP contribution is 2.26. The van der Waals surface area contributed by atoms with Crippen LogP contribution in [0.25, 0.3) is 0 Å². The summed E-state index contributed by atoms with van der Waals surface area (Å²) < 4.78 is 0. The highest BCUT2D eigenvalue weighted by Gasteiger charge is 2.23. The van der Waals surface area contributed by atoms with Gasteiger partial charge in [-0.15, -0.1) is 0 Å². The summed E-state index contributed by atoms with van der Waals surface area (Å²) >= 11 is 0. The van der Waals surface area contributed by atoms with Crippen molar-refractivity contribution in [1.29, 1.82) is 0 Å². The number of nitrogens with zero attached hydrogens (tertiary/aromatic N) is 1. The molecular weight excluding hydrogens is 218 g/mol. The van der Waals surface area contributed by atoms with Crippen molar-refractivity contribution in [3.05, 3.63) is 29.8 Å². The van der Waals surface area contributed by atoms with Crippen molar-refractivity contribution in [2.45, 2.75) is 19.3 Å². The van der Waals surface area contributed by atoms with Gasteiger partial charge in [0.25, 0.3) is 5.91 Å². The van der Waals surface area contributed by atoms with Crippen molar-refractivity contribution in [2.24, 2.45) is 5.84 Å². The molecule has 0 bridgehead atoms. The zero-order valence-electron chi connectivity index (χ0n) is 9.48. The maximum Gasteiger partial charge on any atom is 0.253 e. The van der Waals surface area contributed by atoms with E-state index < -0.39 is 0 Å². The molecule has 0 fully saturated rings. The lowest BCUT2D eigenvalue weighted by atomic mass is 10.1. The number of nitrogens with one attached hydrogen (secondary N) is 1. The number of para-hydroxylation sites is 1. The van der Waals surface area contributed by atoms with Gasteiger partial charge in [-0.05, 0) is 24.5 Å². The molecule has 0 aliphatic carbocycles. The van der Waals surface area contributed by atoms with Crippen LogP contribution in [0.1, 0.15) is 18.4 Å². The van der Waals surface area contributed by atoms with Crippen LogP contribution in [0.15, 0.2) is 24.3 Å². The standard InChI is InChI=1S/C12H15N3O2/c13-14-11(16)8-15-10-6-2-1-4-9(10)5-3-7-12(15)17/h1-2,4,6H,3,5,7-8,13H2,(H,14,16). The predicted octanol–water partition coefficient (Wildman–Crippen LogP) is 0.346. The highest BCUT2D eigenvalue weighted by atomic mass is 16.2. The molecule has 1 heterocycles. The molecule has 1 aliphatic heterocycles. The molecule has 0 aromatic heterocycles. The van der Waals surface area contributed by atoms with Gasteiger partial charge in [-0.3, -0.25) is 15.0 Å². The molecule has 17 heavy (non-hydrogen) atoms. The number of rotatable bonds is 2. The molecule has 0 saturated carbocycles. The Labute approximate surface area is 99.6 Å². The fraction of sp³-hybridized carbons (Fsp3) is 0.333. The first kappa shape index (κ1) is 11.6. The lowest BCUT2D eigenvalue weighted by molar-refractivity contribution is -0.123. The summed E-state index contributed by atoms with van der Waals surface area (Å²) in [6, 6.07) is 7.66. The smallest absolute Gasteiger partial charge is 0.253 e. The number of carbonyl (C=O) groups is 2. The topological polar surface area (TPSA) is 75.4 Å². The van der Waals surface area contributed by atoms with Gasteiger partial charge in [0.15, 0.2) is 0 Å². The van der Waals surface area contributed by atoms with E-state index in [1.807, 2.05) is 24.3 Å². The Bertz CT molecular complexity index is 445. The lowest BCUT2D eigenvalue weighted by Gasteiger charge is -2.21. The molecule has 1 aromatic rings. The highest BCUT2D eigenvalue weighted by molar-refractivity contribution is 5.99. The van der Waals surface area contributed by atoms with E-state index in [1.54, 1.807) is 0 Å². The number of hydrazine groups is 1. The monoisotopic (exact) mass is 233 g/mol. The van der Waals surface area contributed by atoms with Gasteiger partial charge in [-0.2, -0.15) is 0 Å². The minimum absolute atomic E-state index is 0.0215. The summed E-state index contributed by atoms with van der Waals surface area (Å²) in [7, 11) is 0. The Morgan fingerprint density at radius 1 is 1.35 bits per heavy atom. The minimum atomic E-state index is -0.366. The van der Waals surface area contributed by atoms with Crippen LogP contribution in [0.5, 0.6) is 0 Å². The van der Waals surface area contributed by atoms with E-state index >= 15 is 0 Å². The Balaban J connectivity index is 2.33. The average Bonchev–Trinajstić information content (AvgIpc) is 2.50. The zero-order chi connectivity index (χ0) is 12.3. The summed E-state index contributed by atoms with van der Waals surface area (Å²) in [5.41, 5.74) is 3.97. The first-order valence-corrected chi connectivity index (χ1v) is 5.60. The number of hydrogen-bond donors (Lipinski definition) is 2. The number of hydrogen-bond acceptors (Lipinski definition) is 3. The predicted molar refractivity (Wildman–Crippen MR) is 64.1 cm³/mol. The minimum Gasteiger partial charge on any atom is -0.303 e. The van der Waals surface area contributed by atoms with Crippen molar-refractivity contribution in [1.82, 2.24) is 5.43 Å². The van der Waals surface area contributed by atoms with E-state index in [0.717, 1.165) is 24.1 Å². The molecule has 90 valence electrons. The summed E-state index contributed by atoms with van der Waals surface area (Å²) in [6.07, 6.45) is 2.14. The first-order valence-electron chi connectivity index (χ1n) is 5.60. The third-order valence-corrected chi connectivity index (χ3v) is 2.88. The van der Waals surface area contributed by atoms with Crippen LogP contribution in [0.3, 0.4) is 0 Å². The Kier molecular flexibility index (Phi) is 3.39. The van der Waals surface area contributed by atoms with Gasteiger partial charge >= 0.3 is 0 Å². The second kappa shape index (κ2) is 4.97. The second-order valence-electron chi connectivity index (χ2n) is 4.03. The lowest BCUT2D eigenvalue weighted by Crippen LogP contribution is -2.43. The SMILES string of the molecule is NNC(=O)CN1C(=O)CCCc2ccccc21. The number of amides is 2. The number of nitrogens with two attached hydrogens (primary N) is 1. The second-order valence-corrected chi connectivity index (χ2v) is 4.03. The molecule has 0 radical (unpaired) electrons. The third-order valence-electron chi connectivity index (χ3n) is 2.88. The normalized spacial score (nSPS) is 15.1. The van der Waals surface area contributed by atoms with Gasteiger partial charge in [0.1, 0.15) is 6.54 Å². The van der Waals surface area contributed by atoms with Crippen molar-refractivity contribution < 1.29 is 9.59 Å². The first-order chi connectivity index (χ1) is 8.22. The number of fused-ring (bicyclic) bond motifs is 1. The zero-order valence-corrected chi connectivity index (χ0v) is 9.48. The number of anilines is 1. The maximum atomic E-state index is 11.9. The molecule has 1 aromatic carbocycles. The largest absolute Gasteiger partial charge is 0.303 e. The van der Waals surface area contributed by atoms with Gasteiger partial charge in [-0.25, -0.2) is 5.84 Å². The summed E-state index contributed by atoms with van der Waals surface area (Å²) in [4.78, 5) is 24.8. The van der Waals surface area contributed by atoms with E-state index in [-0.39, 0.29) is 18.4 Å². The maximum absolute atomic E-state index is 11.9. The molecule has 0 saturated heterocycles. The van der Waals surface area contributed by atoms with Crippen molar-refractivity contribution in [3.8, 4) is 0 Å². The van der Waals surface area contributed by atoms with Crippen LogP contribution in [0.4, 0.5) is 5.69 Å². The molecule has 2 rings (SSSR count). The summed E-state index contributed by atoms with van der Waals surface area (Å²) in [6.45, 7) is -0.0215. The average molecular weight is 233 g/mol. The van der Waals surface area contributed by atoms with Crippen LogP contribution in [0, 0.1) is 0 Å². The van der Waals surface area contributed by atoms with E-state index in [4.69, 9.17) is 5.84 Å². The fourth-order valence-electron chi connectivity index (χ4n) is 2.05. The van der Waals surface area contributed by atoms with Crippen molar-refractivity contribution in [3.63, 3.8) is 0 Å². The molecule has 3 N–H and O–H groups in total. The van der Waals surface area contributed by atoms with Gasteiger partial charge in [0.05, 0.1) is 0 Å². The number of aryl methyl sites for hydroxylation is 1. The number of carbonyl (C=O) groups excluding carboxylic acids is 2. The molecule has 1 aliphatic rings. The van der Waals surface area contributed by atoms with Crippen molar-refractivity contribution >= 4 is 17.5 Å². The number of benzene rings is 1. The van der Waals surface area contributed by atoms with Gasteiger partial charge in [0, 0.05) is 12.1 Å². The van der Waals surface area contributed by atoms with Crippen LogP contribution in [-0.4, -0.2) is 18.4 Å². The van der Waals surface area contributed by atoms with E-state index in [2.05, 4.69) is 5.43 Å². The molecule has 5 nitrogen and oxygen atoms in total. The van der Waals surface area contributed by atoms with E-state index in [9.17, 15) is 9.59 Å². The molecule has 2 amide bonds. The Morgan fingerprint density at radius 3 is 2.88 bits per heavy atom. The van der Waals surface area contributed by atoms with Crippen LogP contribution in [0.2, 0.25) is 0 Å². The third kappa shape index (κ3) is 2.45. The van der Waals surface area contributed by atoms with Crippen LogP contribution >= 0.6 is 0 Å². The molecule has 0 spiro atoms. The molecule has 0 unspecified atom stereocenters. The van der Waals surface area contributed by atoms with Gasteiger partial charge in [0.2, 0.25) is 5.91 Å². The molecule has 5 heteroatoms. The summed E-state index contributed by atoms with van der Waals surface area (Å²) in [5, 5.41) is 0. The molecule has 0 atom stereocenters. The quantitative estimate of drug-likeness (QED) is 0.439. The Hall–Kier alpha value is -1.88. The van der Waals surface area contributed by atoms with E-state index in [0.29, 0.717) is 6.42 Å². The van der Waals surface area contributed by atoms with Crippen LogP contribution < -0.4 is 16.2 Å². The van der Waals surface area contributed by atoms with Crippen LogP contribution in [-0.2, 0) is 16.0 Å².